The third kappa shape index (κ3) is 3.99. The molecule has 0 bridgehead atoms. The molecular formula is C20H24N2O3. The van der Waals surface area contributed by atoms with E-state index in [4.69, 9.17) is 9.84 Å². The zero-order chi connectivity index (χ0) is 17.6. The molecule has 1 amide bonds. The minimum atomic E-state index is 0.0308. The van der Waals surface area contributed by atoms with Crippen molar-refractivity contribution in [1.29, 1.82) is 0 Å². The second-order valence-corrected chi connectivity index (χ2v) is 6.35. The molecular weight excluding hydrogens is 316 g/mol. The zero-order valence-corrected chi connectivity index (χ0v) is 14.5. The molecule has 1 aliphatic heterocycles. The molecule has 0 radical (unpaired) electrons. The van der Waals surface area contributed by atoms with Crippen LogP contribution in [-0.2, 0) is 0 Å². The van der Waals surface area contributed by atoms with E-state index in [0.717, 1.165) is 49.1 Å². The Morgan fingerprint density at radius 3 is 2.80 bits per heavy atom. The Morgan fingerprint density at radius 2 is 2.08 bits per heavy atom. The molecule has 1 aromatic heterocycles. The van der Waals surface area contributed by atoms with Gasteiger partial charge in [0, 0.05) is 37.2 Å². The third-order valence-electron chi connectivity index (χ3n) is 4.74. The van der Waals surface area contributed by atoms with Crippen LogP contribution in [0.5, 0.6) is 5.75 Å². The van der Waals surface area contributed by atoms with Crippen molar-refractivity contribution in [3.05, 3.63) is 48.3 Å². The number of hydrogen-bond donors (Lipinski definition) is 1. The number of rotatable bonds is 6. The molecule has 1 aromatic carbocycles. The van der Waals surface area contributed by atoms with Crippen molar-refractivity contribution < 1.29 is 14.6 Å². The molecule has 1 atom stereocenters. The first-order chi connectivity index (χ1) is 12.2. The number of aliphatic hydroxyl groups excluding tert-OH is 1. The van der Waals surface area contributed by atoms with Crippen molar-refractivity contribution in [2.24, 2.45) is 0 Å². The lowest BCUT2D eigenvalue weighted by atomic mass is 10.0. The van der Waals surface area contributed by atoms with E-state index in [2.05, 4.69) is 4.98 Å². The van der Waals surface area contributed by atoms with Gasteiger partial charge in [-0.05, 0) is 49.4 Å². The maximum atomic E-state index is 12.9. The van der Waals surface area contributed by atoms with Crippen molar-refractivity contribution >= 4 is 5.91 Å². The van der Waals surface area contributed by atoms with E-state index in [1.165, 1.54) is 0 Å². The number of ether oxygens (including phenoxy) is 1. The zero-order valence-electron chi connectivity index (χ0n) is 14.5. The standard InChI is InChI=1S/C20H24N2O3/c1-25-19-8-6-15(7-9-19)16-12-17(14-21-13-16)20(24)22-10-2-4-18(22)5-3-11-23/h6-9,12-14,18,23H,2-5,10-11H2,1H3. The number of aromatic nitrogens is 1. The van der Waals surface area contributed by atoms with Crippen LogP contribution in [0.25, 0.3) is 11.1 Å². The lowest BCUT2D eigenvalue weighted by Crippen LogP contribution is -2.35. The van der Waals surface area contributed by atoms with Crippen LogP contribution in [0.4, 0.5) is 0 Å². The number of nitrogens with zero attached hydrogens (tertiary/aromatic N) is 2. The number of methoxy groups -OCH3 is 1. The van der Waals surface area contributed by atoms with Crippen LogP contribution in [0, 0.1) is 0 Å². The van der Waals surface area contributed by atoms with E-state index >= 15 is 0 Å². The van der Waals surface area contributed by atoms with Crippen molar-refractivity contribution in [2.75, 3.05) is 20.3 Å². The molecule has 2 aromatic rings. The van der Waals surface area contributed by atoms with Crippen molar-refractivity contribution in [3.8, 4) is 16.9 Å². The number of carbonyl (C=O) groups excluding carboxylic acids is 1. The van der Waals surface area contributed by atoms with E-state index in [0.29, 0.717) is 5.56 Å². The molecule has 25 heavy (non-hydrogen) atoms. The van der Waals surface area contributed by atoms with E-state index in [-0.39, 0.29) is 18.6 Å². The Bertz CT molecular complexity index is 715. The van der Waals surface area contributed by atoms with Crippen molar-refractivity contribution in [1.82, 2.24) is 9.88 Å². The van der Waals surface area contributed by atoms with Gasteiger partial charge in [0.15, 0.2) is 0 Å². The fourth-order valence-corrected chi connectivity index (χ4v) is 3.39. The Hall–Kier alpha value is -2.40. The van der Waals surface area contributed by atoms with Crippen LogP contribution in [-0.4, -0.2) is 47.2 Å². The summed E-state index contributed by atoms with van der Waals surface area (Å²) in [4.78, 5) is 19.1. The van der Waals surface area contributed by atoms with Gasteiger partial charge in [0.2, 0.25) is 0 Å². The number of aliphatic hydroxyl groups is 1. The summed E-state index contributed by atoms with van der Waals surface area (Å²) in [5.41, 5.74) is 2.53. The molecule has 1 unspecified atom stereocenters. The van der Waals surface area contributed by atoms with Crippen molar-refractivity contribution in [2.45, 2.75) is 31.7 Å². The molecule has 5 heteroatoms. The molecule has 3 rings (SSSR count). The summed E-state index contributed by atoms with van der Waals surface area (Å²) in [6, 6.07) is 9.85. The SMILES string of the molecule is COc1ccc(-c2cncc(C(=O)N3CCCC3CCCO)c2)cc1. The summed E-state index contributed by atoms with van der Waals surface area (Å²) >= 11 is 0. The Balaban J connectivity index is 1.79. The Labute approximate surface area is 148 Å². The average molecular weight is 340 g/mol. The van der Waals surface area contributed by atoms with E-state index < -0.39 is 0 Å². The molecule has 1 aliphatic rings. The van der Waals surface area contributed by atoms with Gasteiger partial charge >= 0.3 is 0 Å². The van der Waals surface area contributed by atoms with Gasteiger partial charge in [-0.2, -0.15) is 0 Å². The minimum Gasteiger partial charge on any atom is -0.497 e. The molecule has 132 valence electrons. The second kappa shape index (κ2) is 8.12. The molecule has 5 nitrogen and oxygen atoms in total. The first-order valence-corrected chi connectivity index (χ1v) is 8.74. The monoisotopic (exact) mass is 340 g/mol. The summed E-state index contributed by atoms with van der Waals surface area (Å²) in [6.07, 6.45) is 7.03. The summed E-state index contributed by atoms with van der Waals surface area (Å²) in [6.45, 7) is 0.953. The molecule has 0 spiro atoms. The van der Waals surface area contributed by atoms with E-state index in [1.807, 2.05) is 35.2 Å². The summed E-state index contributed by atoms with van der Waals surface area (Å²) < 4.78 is 5.18. The van der Waals surface area contributed by atoms with Gasteiger partial charge in [-0.3, -0.25) is 9.78 Å². The predicted molar refractivity (Wildman–Crippen MR) is 96.6 cm³/mol. The lowest BCUT2D eigenvalue weighted by Gasteiger charge is -2.24. The smallest absolute Gasteiger partial charge is 0.255 e. The van der Waals surface area contributed by atoms with Crippen LogP contribution in [0.1, 0.15) is 36.0 Å². The topological polar surface area (TPSA) is 62.7 Å². The largest absolute Gasteiger partial charge is 0.497 e. The van der Waals surface area contributed by atoms with Crippen LogP contribution < -0.4 is 4.74 Å². The van der Waals surface area contributed by atoms with Gasteiger partial charge in [0.1, 0.15) is 5.75 Å². The van der Waals surface area contributed by atoms with Crippen LogP contribution in [0.2, 0.25) is 0 Å². The quantitative estimate of drug-likeness (QED) is 0.877. The van der Waals surface area contributed by atoms with E-state index in [9.17, 15) is 4.79 Å². The highest BCUT2D eigenvalue weighted by Crippen LogP contribution is 2.26. The van der Waals surface area contributed by atoms with Crippen LogP contribution >= 0.6 is 0 Å². The minimum absolute atomic E-state index is 0.0308. The summed E-state index contributed by atoms with van der Waals surface area (Å²) in [5.74, 6) is 0.830. The number of hydrogen-bond acceptors (Lipinski definition) is 4. The maximum Gasteiger partial charge on any atom is 0.255 e. The van der Waals surface area contributed by atoms with Crippen LogP contribution in [0.3, 0.4) is 0 Å². The molecule has 1 N–H and O–H groups in total. The van der Waals surface area contributed by atoms with Crippen molar-refractivity contribution in [3.63, 3.8) is 0 Å². The van der Waals surface area contributed by atoms with Gasteiger partial charge < -0.3 is 14.7 Å². The second-order valence-electron chi connectivity index (χ2n) is 6.35. The summed E-state index contributed by atoms with van der Waals surface area (Å²) in [7, 11) is 1.64. The Morgan fingerprint density at radius 1 is 1.28 bits per heavy atom. The normalized spacial score (nSPS) is 16.9. The molecule has 0 aliphatic carbocycles. The van der Waals surface area contributed by atoms with Gasteiger partial charge in [0.05, 0.1) is 12.7 Å². The fourth-order valence-electron chi connectivity index (χ4n) is 3.39. The van der Waals surface area contributed by atoms with Gasteiger partial charge in [0.25, 0.3) is 5.91 Å². The molecule has 1 saturated heterocycles. The number of amides is 1. The number of benzene rings is 1. The van der Waals surface area contributed by atoms with Crippen LogP contribution in [0.15, 0.2) is 42.7 Å². The number of carbonyl (C=O) groups is 1. The average Bonchev–Trinajstić information content (AvgIpc) is 3.14. The first-order valence-electron chi connectivity index (χ1n) is 8.74. The molecule has 1 fully saturated rings. The molecule has 2 heterocycles. The maximum absolute atomic E-state index is 12.9. The third-order valence-corrected chi connectivity index (χ3v) is 4.74. The number of likely N-dealkylation sites (tertiary alicyclic amines) is 1. The number of pyridine rings is 1. The van der Waals surface area contributed by atoms with E-state index in [1.54, 1.807) is 19.5 Å². The fraction of sp³-hybridized carbons (Fsp3) is 0.400. The summed E-state index contributed by atoms with van der Waals surface area (Å²) in [5, 5.41) is 9.05. The highest BCUT2D eigenvalue weighted by Gasteiger charge is 2.29. The Kier molecular flexibility index (Phi) is 5.66. The first kappa shape index (κ1) is 17.4. The van der Waals surface area contributed by atoms with Gasteiger partial charge in [-0.1, -0.05) is 12.1 Å². The predicted octanol–water partition coefficient (Wildman–Crippen LogP) is 3.13. The van der Waals surface area contributed by atoms with Gasteiger partial charge in [-0.25, -0.2) is 0 Å². The molecule has 0 saturated carbocycles. The highest BCUT2D eigenvalue weighted by molar-refractivity contribution is 5.95. The van der Waals surface area contributed by atoms with Gasteiger partial charge in [-0.15, -0.1) is 0 Å². The highest BCUT2D eigenvalue weighted by atomic mass is 16.5. The lowest BCUT2D eigenvalue weighted by molar-refractivity contribution is 0.0724.